The summed E-state index contributed by atoms with van der Waals surface area (Å²) in [4.78, 5) is 0. The molecule has 0 saturated carbocycles. The van der Waals surface area contributed by atoms with Crippen LogP contribution < -0.4 is 5.32 Å². The number of rotatable bonds is 1. The molecule has 1 fully saturated rings. The second-order valence-electron chi connectivity index (χ2n) is 3.03. The van der Waals surface area contributed by atoms with E-state index >= 15 is 0 Å². The highest BCUT2D eigenvalue weighted by atomic mass is 32.2. The molecule has 2 N–H and O–H groups in total. The van der Waals surface area contributed by atoms with Crippen LogP contribution in [0.4, 0.5) is 0 Å². The fraction of sp³-hybridized carbons (Fsp3) is 0.625. The third-order valence-electron chi connectivity index (χ3n) is 2.17. The average Bonchev–Trinajstić information content (AvgIpc) is 2.53. The summed E-state index contributed by atoms with van der Waals surface area (Å²) >= 11 is 2.01. The molecule has 1 saturated heterocycles. The van der Waals surface area contributed by atoms with Crippen molar-refractivity contribution in [1.29, 1.82) is 0 Å². The maximum atomic E-state index is 4.02. The van der Waals surface area contributed by atoms with Crippen molar-refractivity contribution in [1.82, 2.24) is 15.5 Å². The Labute approximate surface area is 76.3 Å². The molecule has 1 aliphatic rings. The molecule has 0 spiro atoms. The Balaban J connectivity index is 2.13. The van der Waals surface area contributed by atoms with E-state index in [1.807, 2.05) is 18.0 Å². The van der Waals surface area contributed by atoms with Gasteiger partial charge in [-0.15, -0.1) is 0 Å². The molecule has 1 aliphatic heterocycles. The molecule has 0 aliphatic carbocycles. The number of H-pyrrole nitrogens is 1. The summed E-state index contributed by atoms with van der Waals surface area (Å²) in [6.07, 6.45) is 1.93. The largest absolute Gasteiger partial charge is 0.308 e. The molecule has 0 bridgehead atoms. The van der Waals surface area contributed by atoms with Gasteiger partial charge in [-0.2, -0.15) is 16.9 Å². The zero-order chi connectivity index (χ0) is 8.39. The molecule has 3 nitrogen and oxygen atoms in total. The number of thioether (sulfide) groups is 1. The highest BCUT2D eigenvalue weighted by molar-refractivity contribution is 7.99. The van der Waals surface area contributed by atoms with Crippen molar-refractivity contribution in [2.75, 3.05) is 18.1 Å². The van der Waals surface area contributed by atoms with Crippen LogP contribution in [0.2, 0.25) is 0 Å². The first-order valence-corrected chi connectivity index (χ1v) is 5.34. The van der Waals surface area contributed by atoms with Crippen LogP contribution in [0.5, 0.6) is 0 Å². The third-order valence-corrected chi connectivity index (χ3v) is 3.23. The zero-order valence-electron chi connectivity index (χ0n) is 7.13. The lowest BCUT2D eigenvalue weighted by atomic mass is 10.1. The minimum atomic E-state index is 0.502. The molecule has 2 heterocycles. The van der Waals surface area contributed by atoms with E-state index < -0.39 is 0 Å². The van der Waals surface area contributed by atoms with Crippen LogP contribution in [-0.2, 0) is 0 Å². The van der Waals surface area contributed by atoms with Gasteiger partial charge in [-0.3, -0.25) is 5.10 Å². The van der Waals surface area contributed by atoms with E-state index in [0.717, 1.165) is 6.54 Å². The second kappa shape index (κ2) is 3.49. The summed E-state index contributed by atoms with van der Waals surface area (Å²) in [6, 6.07) is 0.502. The molecule has 0 amide bonds. The molecule has 0 radical (unpaired) electrons. The Kier molecular flexibility index (Phi) is 2.37. The lowest BCUT2D eigenvalue weighted by Gasteiger charge is -2.22. The normalized spacial score (nSPS) is 24.2. The van der Waals surface area contributed by atoms with Crippen molar-refractivity contribution in [3.05, 3.63) is 17.5 Å². The lowest BCUT2D eigenvalue weighted by Crippen LogP contribution is -2.30. The Hall–Kier alpha value is -0.480. The second-order valence-corrected chi connectivity index (χ2v) is 4.18. The number of nitrogens with zero attached hydrogens (tertiary/aromatic N) is 1. The number of hydrogen-bond acceptors (Lipinski definition) is 3. The van der Waals surface area contributed by atoms with Crippen molar-refractivity contribution < 1.29 is 0 Å². The maximum absolute atomic E-state index is 4.02. The minimum Gasteiger partial charge on any atom is -0.308 e. The molecular weight excluding hydrogens is 170 g/mol. The van der Waals surface area contributed by atoms with E-state index in [1.54, 1.807) is 0 Å². The summed E-state index contributed by atoms with van der Waals surface area (Å²) < 4.78 is 0. The monoisotopic (exact) mass is 183 g/mol. The Morgan fingerprint density at radius 2 is 2.58 bits per heavy atom. The smallest absolute Gasteiger partial charge is 0.0538 e. The van der Waals surface area contributed by atoms with Crippen molar-refractivity contribution >= 4 is 11.8 Å². The van der Waals surface area contributed by atoms with Crippen LogP contribution >= 0.6 is 11.8 Å². The van der Waals surface area contributed by atoms with Gasteiger partial charge in [0.1, 0.15) is 0 Å². The molecule has 2 rings (SSSR count). The molecule has 0 aromatic carbocycles. The molecule has 12 heavy (non-hydrogen) atoms. The van der Waals surface area contributed by atoms with Crippen LogP contribution in [0.15, 0.2) is 6.20 Å². The summed E-state index contributed by atoms with van der Waals surface area (Å²) in [5.74, 6) is 2.40. The molecule has 1 atom stereocenters. The van der Waals surface area contributed by atoms with E-state index in [9.17, 15) is 0 Å². The molecule has 4 heteroatoms. The third kappa shape index (κ3) is 1.49. The number of aromatic amines is 1. The van der Waals surface area contributed by atoms with Gasteiger partial charge in [0.25, 0.3) is 0 Å². The van der Waals surface area contributed by atoms with Gasteiger partial charge in [-0.25, -0.2) is 0 Å². The van der Waals surface area contributed by atoms with Crippen LogP contribution in [-0.4, -0.2) is 28.2 Å². The summed E-state index contributed by atoms with van der Waals surface area (Å²) in [5, 5.41) is 10.5. The molecule has 1 aromatic rings. The number of aromatic nitrogens is 2. The molecule has 1 aromatic heterocycles. The number of aryl methyl sites for hydroxylation is 1. The van der Waals surface area contributed by atoms with Crippen LogP contribution in [0.3, 0.4) is 0 Å². The topological polar surface area (TPSA) is 40.7 Å². The highest BCUT2D eigenvalue weighted by Crippen LogP contribution is 2.22. The molecule has 66 valence electrons. The van der Waals surface area contributed by atoms with Gasteiger partial charge in [0, 0.05) is 35.3 Å². The van der Waals surface area contributed by atoms with E-state index in [1.165, 1.54) is 22.8 Å². The van der Waals surface area contributed by atoms with Crippen LogP contribution in [0.1, 0.15) is 17.3 Å². The van der Waals surface area contributed by atoms with E-state index in [0.29, 0.717) is 6.04 Å². The van der Waals surface area contributed by atoms with E-state index in [4.69, 9.17) is 0 Å². The predicted molar refractivity (Wildman–Crippen MR) is 51.4 cm³/mol. The first-order valence-electron chi connectivity index (χ1n) is 4.19. The van der Waals surface area contributed by atoms with E-state index in [-0.39, 0.29) is 0 Å². The first-order chi connectivity index (χ1) is 5.88. The minimum absolute atomic E-state index is 0.502. The fourth-order valence-corrected chi connectivity index (χ4v) is 2.44. The molecule has 1 unspecified atom stereocenters. The van der Waals surface area contributed by atoms with Gasteiger partial charge in [-0.1, -0.05) is 0 Å². The van der Waals surface area contributed by atoms with Crippen LogP contribution in [0.25, 0.3) is 0 Å². The number of nitrogens with one attached hydrogen (secondary N) is 2. The van der Waals surface area contributed by atoms with Gasteiger partial charge in [0.15, 0.2) is 0 Å². The predicted octanol–water partition coefficient (Wildman–Crippen LogP) is 1.10. The number of hydrogen-bond donors (Lipinski definition) is 2. The SMILES string of the molecule is Cc1[nH]ncc1C1CSCCN1. The van der Waals surface area contributed by atoms with Crippen molar-refractivity contribution in [3.63, 3.8) is 0 Å². The van der Waals surface area contributed by atoms with Gasteiger partial charge >= 0.3 is 0 Å². The highest BCUT2D eigenvalue weighted by Gasteiger charge is 2.17. The first kappa shape index (κ1) is 8.13. The van der Waals surface area contributed by atoms with Gasteiger partial charge in [0.2, 0.25) is 0 Å². The zero-order valence-corrected chi connectivity index (χ0v) is 7.95. The standard InChI is InChI=1S/C8H13N3S/c1-6-7(4-10-11-6)8-5-12-3-2-9-8/h4,8-9H,2-3,5H2,1H3,(H,10,11). The van der Waals surface area contributed by atoms with Crippen LogP contribution in [0, 0.1) is 6.92 Å². The van der Waals surface area contributed by atoms with Gasteiger partial charge in [0.05, 0.1) is 6.20 Å². The quantitative estimate of drug-likeness (QED) is 0.685. The summed E-state index contributed by atoms with van der Waals surface area (Å²) in [6.45, 7) is 3.18. The summed E-state index contributed by atoms with van der Waals surface area (Å²) in [5.41, 5.74) is 2.51. The Morgan fingerprint density at radius 3 is 3.17 bits per heavy atom. The van der Waals surface area contributed by atoms with Gasteiger partial charge in [-0.05, 0) is 6.92 Å². The Bertz CT molecular complexity index is 253. The van der Waals surface area contributed by atoms with Crippen molar-refractivity contribution in [2.45, 2.75) is 13.0 Å². The van der Waals surface area contributed by atoms with E-state index in [2.05, 4.69) is 22.4 Å². The maximum Gasteiger partial charge on any atom is 0.0538 e. The van der Waals surface area contributed by atoms with Gasteiger partial charge < -0.3 is 5.32 Å². The lowest BCUT2D eigenvalue weighted by molar-refractivity contribution is 0.592. The van der Waals surface area contributed by atoms with Crippen molar-refractivity contribution in [3.8, 4) is 0 Å². The van der Waals surface area contributed by atoms with Crippen molar-refractivity contribution in [2.24, 2.45) is 0 Å². The average molecular weight is 183 g/mol. The summed E-state index contributed by atoms with van der Waals surface area (Å²) in [7, 11) is 0. The molecular formula is C8H13N3S. The fourth-order valence-electron chi connectivity index (χ4n) is 1.48. The Morgan fingerprint density at radius 1 is 1.67 bits per heavy atom.